The lowest BCUT2D eigenvalue weighted by Gasteiger charge is -2.31. The third-order valence-corrected chi connectivity index (χ3v) is 6.89. The summed E-state index contributed by atoms with van der Waals surface area (Å²) >= 11 is 3.55. The van der Waals surface area contributed by atoms with Gasteiger partial charge >= 0.3 is 0 Å². The number of amides is 2. The van der Waals surface area contributed by atoms with Crippen LogP contribution in [0, 0.1) is 5.82 Å². The van der Waals surface area contributed by atoms with E-state index in [9.17, 15) is 14.0 Å². The number of nitrogens with zero attached hydrogens (tertiary/aromatic N) is 1. The van der Waals surface area contributed by atoms with E-state index >= 15 is 0 Å². The van der Waals surface area contributed by atoms with Crippen molar-refractivity contribution >= 4 is 27.7 Å². The smallest absolute Gasteiger partial charge is 0.261 e. The van der Waals surface area contributed by atoms with Gasteiger partial charge in [-0.25, -0.2) is 4.39 Å². The fourth-order valence-corrected chi connectivity index (χ4v) is 4.53. The molecule has 0 fully saturated rings. The molecule has 0 heterocycles. The Morgan fingerprint density at radius 2 is 1.71 bits per heavy atom. The summed E-state index contributed by atoms with van der Waals surface area (Å²) in [7, 11) is 0. The van der Waals surface area contributed by atoms with Crippen LogP contribution in [0.2, 0.25) is 0 Å². The lowest BCUT2D eigenvalue weighted by Crippen LogP contribution is -2.52. The first-order valence-electron chi connectivity index (χ1n) is 12.9. The summed E-state index contributed by atoms with van der Waals surface area (Å²) in [5.74, 6) is -0.602. The molecule has 0 spiro atoms. The number of carbonyl (C=O) groups is 2. The number of benzene rings is 3. The topological polar surface area (TPSA) is 58.6 Å². The molecule has 0 saturated carbocycles. The van der Waals surface area contributed by atoms with E-state index < -0.39 is 17.8 Å². The fourth-order valence-electron chi connectivity index (χ4n) is 4.04. The first kappa shape index (κ1) is 29.4. The predicted molar refractivity (Wildman–Crippen MR) is 153 cm³/mol. The lowest BCUT2D eigenvalue weighted by molar-refractivity contribution is -0.142. The Bertz CT molecular complexity index is 1230. The van der Waals surface area contributed by atoms with E-state index in [1.807, 2.05) is 55.5 Å². The molecule has 38 heavy (non-hydrogen) atoms. The summed E-state index contributed by atoms with van der Waals surface area (Å²) < 4.78 is 21.3. The summed E-state index contributed by atoms with van der Waals surface area (Å²) in [5, 5.41) is 2.92. The zero-order valence-corrected chi connectivity index (χ0v) is 24.1. The summed E-state index contributed by atoms with van der Waals surface area (Å²) in [5.41, 5.74) is 2.32. The van der Waals surface area contributed by atoms with Crippen LogP contribution in [0.3, 0.4) is 0 Å². The zero-order valence-electron chi connectivity index (χ0n) is 22.5. The van der Waals surface area contributed by atoms with Crippen molar-refractivity contribution in [2.24, 2.45) is 0 Å². The molecule has 0 aromatic heterocycles. The molecule has 0 saturated heterocycles. The Labute approximate surface area is 233 Å². The monoisotopic (exact) mass is 582 g/mol. The third kappa shape index (κ3) is 8.15. The van der Waals surface area contributed by atoms with Crippen LogP contribution in [-0.4, -0.2) is 35.9 Å². The van der Waals surface area contributed by atoms with Crippen LogP contribution < -0.4 is 10.1 Å². The number of ether oxygens (including phenoxy) is 1. The van der Waals surface area contributed by atoms with Crippen molar-refractivity contribution in [1.29, 1.82) is 0 Å². The molecule has 0 aliphatic rings. The summed E-state index contributed by atoms with van der Waals surface area (Å²) in [6.45, 7) is 8.45. The average Bonchev–Trinajstić information content (AvgIpc) is 2.89. The first-order chi connectivity index (χ1) is 18.1. The molecule has 2 amide bonds. The minimum Gasteiger partial charge on any atom is -0.483 e. The van der Waals surface area contributed by atoms with Gasteiger partial charge in [-0.05, 0) is 57.1 Å². The molecular formula is C31H36BrFN2O3. The Balaban J connectivity index is 1.90. The van der Waals surface area contributed by atoms with Crippen LogP contribution in [0.1, 0.15) is 50.8 Å². The zero-order chi connectivity index (χ0) is 27.7. The molecule has 1 atom stereocenters. The quantitative estimate of drug-likeness (QED) is 0.283. The van der Waals surface area contributed by atoms with Gasteiger partial charge in [-0.1, -0.05) is 82.3 Å². The lowest BCUT2D eigenvalue weighted by atomic mass is 9.87. The highest BCUT2D eigenvalue weighted by Gasteiger charge is 2.31. The van der Waals surface area contributed by atoms with Crippen molar-refractivity contribution in [2.45, 2.75) is 58.5 Å². The van der Waals surface area contributed by atoms with Crippen molar-refractivity contribution in [3.8, 4) is 5.75 Å². The largest absolute Gasteiger partial charge is 0.483 e. The molecule has 3 aromatic rings. The van der Waals surface area contributed by atoms with Crippen LogP contribution >= 0.6 is 15.9 Å². The predicted octanol–water partition coefficient (Wildman–Crippen LogP) is 6.43. The van der Waals surface area contributed by atoms with Gasteiger partial charge in [-0.2, -0.15) is 0 Å². The highest BCUT2D eigenvalue weighted by Crippen LogP contribution is 2.31. The van der Waals surface area contributed by atoms with E-state index in [0.29, 0.717) is 24.3 Å². The molecule has 3 aromatic carbocycles. The summed E-state index contributed by atoms with van der Waals surface area (Å²) in [6, 6.07) is 20.7. The van der Waals surface area contributed by atoms with Crippen molar-refractivity contribution in [2.75, 3.05) is 13.2 Å². The normalized spacial score (nSPS) is 12.1. The molecule has 5 nitrogen and oxygen atoms in total. The molecule has 3 rings (SSSR count). The number of hydrogen-bond donors (Lipinski definition) is 1. The average molecular weight is 584 g/mol. The van der Waals surface area contributed by atoms with Crippen molar-refractivity contribution < 1.29 is 18.7 Å². The Hall–Kier alpha value is -3.19. The van der Waals surface area contributed by atoms with Gasteiger partial charge in [0.1, 0.15) is 17.6 Å². The molecule has 7 heteroatoms. The van der Waals surface area contributed by atoms with E-state index in [-0.39, 0.29) is 24.5 Å². The van der Waals surface area contributed by atoms with E-state index in [1.54, 1.807) is 18.2 Å². The maximum absolute atomic E-state index is 14.7. The summed E-state index contributed by atoms with van der Waals surface area (Å²) in [6.07, 6.45) is 1.05. The van der Waals surface area contributed by atoms with E-state index in [2.05, 4.69) is 42.0 Å². The Kier molecular flexibility index (Phi) is 10.5. The standard InChI is InChI=1S/C31H36BrFN2O3/c1-5-17-34-30(37)27(18-22-11-7-6-8-12-22)35(20-23-13-9-10-14-26(23)33)29(36)21-38-28-16-15-24(19-25(28)32)31(2,3)4/h6-16,19,27H,5,17-18,20-21H2,1-4H3,(H,34,37). The molecule has 202 valence electrons. The van der Waals surface area contributed by atoms with Crippen molar-refractivity contribution in [3.05, 3.63) is 99.8 Å². The highest BCUT2D eigenvalue weighted by atomic mass is 79.9. The molecule has 0 radical (unpaired) electrons. The maximum Gasteiger partial charge on any atom is 0.261 e. The van der Waals surface area contributed by atoms with Crippen LogP contribution in [0.25, 0.3) is 0 Å². The highest BCUT2D eigenvalue weighted by molar-refractivity contribution is 9.10. The minimum absolute atomic E-state index is 0.0378. The van der Waals surface area contributed by atoms with Gasteiger partial charge in [-0.15, -0.1) is 0 Å². The number of carbonyl (C=O) groups excluding carboxylic acids is 2. The van der Waals surface area contributed by atoms with Gasteiger partial charge in [-0.3, -0.25) is 9.59 Å². The van der Waals surface area contributed by atoms with Crippen molar-refractivity contribution in [3.63, 3.8) is 0 Å². The van der Waals surface area contributed by atoms with Crippen LogP contribution in [-0.2, 0) is 28.0 Å². The van der Waals surface area contributed by atoms with Crippen molar-refractivity contribution in [1.82, 2.24) is 10.2 Å². The first-order valence-corrected chi connectivity index (χ1v) is 13.7. The Morgan fingerprint density at radius 3 is 2.34 bits per heavy atom. The van der Waals surface area contributed by atoms with Gasteiger partial charge in [0.15, 0.2) is 6.61 Å². The second kappa shape index (κ2) is 13.6. The number of halogens is 2. The van der Waals surface area contributed by atoms with Gasteiger partial charge in [0, 0.05) is 25.1 Å². The minimum atomic E-state index is -0.841. The van der Waals surface area contributed by atoms with Gasteiger partial charge < -0.3 is 15.0 Å². The maximum atomic E-state index is 14.7. The summed E-state index contributed by atoms with van der Waals surface area (Å²) in [4.78, 5) is 28.4. The number of nitrogens with one attached hydrogen (secondary N) is 1. The number of rotatable bonds is 11. The van der Waals surface area contributed by atoms with Gasteiger partial charge in [0.25, 0.3) is 5.91 Å². The Morgan fingerprint density at radius 1 is 1.03 bits per heavy atom. The molecule has 0 bridgehead atoms. The van der Waals surface area contributed by atoms with E-state index in [4.69, 9.17) is 4.74 Å². The van der Waals surface area contributed by atoms with Crippen LogP contribution in [0.4, 0.5) is 4.39 Å². The second-order valence-corrected chi connectivity index (χ2v) is 11.1. The molecule has 0 aliphatic heterocycles. The van der Waals surface area contributed by atoms with Crippen LogP contribution in [0.15, 0.2) is 77.3 Å². The SMILES string of the molecule is CCCNC(=O)C(Cc1ccccc1)N(Cc1ccccc1F)C(=O)COc1ccc(C(C)(C)C)cc1Br. The molecule has 1 N–H and O–H groups in total. The van der Waals surface area contributed by atoms with Gasteiger partial charge in [0.2, 0.25) is 5.91 Å². The van der Waals surface area contributed by atoms with E-state index in [0.717, 1.165) is 22.0 Å². The number of hydrogen-bond acceptors (Lipinski definition) is 3. The second-order valence-electron chi connectivity index (χ2n) is 10.3. The van der Waals surface area contributed by atoms with Gasteiger partial charge in [0.05, 0.1) is 4.47 Å². The third-order valence-electron chi connectivity index (χ3n) is 6.27. The fraction of sp³-hybridized carbons (Fsp3) is 0.355. The van der Waals surface area contributed by atoms with E-state index in [1.165, 1.54) is 11.0 Å². The molecule has 1 unspecified atom stereocenters. The molecule has 0 aliphatic carbocycles. The van der Waals surface area contributed by atoms with Crippen LogP contribution in [0.5, 0.6) is 5.75 Å². The molecular weight excluding hydrogens is 547 g/mol.